The maximum atomic E-state index is 5.83. The molecule has 0 spiro atoms. The Balaban J connectivity index is 0.00000120. The van der Waals surface area contributed by atoms with Crippen molar-refractivity contribution in [1.82, 2.24) is 19.5 Å². The molecule has 3 aromatic rings. The van der Waals surface area contributed by atoms with Crippen molar-refractivity contribution in [2.24, 2.45) is 0 Å². The number of nitrogen functional groups attached to an aromatic ring is 1. The fourth-order valence-corrected chi connectivity index (χ4v) is 2.38. The lowest BCUT2D eigenvalue weighted by Crippen LogP contribution is -1.95. The largest absolute Gasteiger partial charge is 0.383 e. The Morgan fingerprint density at radius 3 is 2.89 bits per heavy atom. The molecule has 7 heteroatoms. The molecule has 0 bridgehead atoms. The average molecular weight is 282 g/mol. The van der Waals surface area contributed by atoms with Crippen LogP contribution in [0, 0.1) is 4.77 Å². The van der Waals surface area contributed by atoms with Crippen LogP contribution in [0.15, 0.2) is 18.5 Å². The molecule has 5 nitrogen and oxygen atoms in total. The van der Waals surface area contributed by atoms with Gasteiger partial charge in [0.2, 0.25) is 0 Å². The summed E-state index contributed by atoms with van der Waals surface area (Å²) in [5.74, 6) is 0.487. The highest BCUT2D eigenvalue weighted by molar-refractivity contribution is 7.71. The van der Waals surface area contributed by atoms with Crippen LogP contribution < -0.4 is 5.73 Å². The third-order valence-corrected chi connectivity index (χ3v) is 3.20. The van der Waals surface area contributed by atoms with Crippen molar-refractivity contribution in [1.29, 1.82) is 0 Å². The van der Waals surface area contributed by atoms with E-state index in [1.165, 1.54) is 6.33 Å². The fourth-order valence-electron chi connectivity index (χ4n) is 2.04. The van der Waals surface area contributed by atoms with E-state index in [4.69, 9.17) is 18.0 Å². The maximum Gasteiger partial charge on any atom is 0.178 e. The van der Waals surface area contributed by atoms with E-state index >= 15 is 0 Å². The van der Waals surface area contributed by atoms with Crippen LogP contribution >= 0.6 is 24.6 Å². The first-order valence-corrected chi connectivity index (χ1v) is 5.74. The number of rotatable bonds is 1. The Morgan fingerprint density at radius 1 is 1.39 bits per heavy atom. The van der Waals surface area contributed by atoms with Crippen LogP contribution in [0.2, 0.25) is 0 Å². The SMILES string of the molecule is CCn1c(=S)[nH]c2cc3c(N)ncnc3cc21.Cl. The molecule has 0 aliphatic heterocycles. The summed E-state index contributed by atoms with van der Waals surface area (Å²) in [6.45, 7) is 2.88. The lowest BCUT2D eigenvalue weighted by atomic mass is 10.2. The molecule has 1 aromatic carbocycles. The Bertz CT molecular complexity index is 776. The quantitative estimate of drug-likeness (QED) is 0.673. The highest BCUT2D eigenvalue weighted by Gasteiger charge is 2.07. The number of hydrogen-bond donors (Lipinski definition) is 2. The number of nitrogens with zero attached hydrogens (tertiary/aromatic N) is 3. The van der Waals surface area contributed by atoms with Gasteiger partial charge < -0.3 is 15.3 Å². The number of aryl methyl sites for hydroxylation is 1. The highest BCUT2D eigenvalue weighted by Crippen LogP contribution is 2.23. The van der Waals surface area contributed by atoms with E-state index in [1.807, 2.05) is 16.7 Å². The Kier molecular flexibility index (Phi) is 3.23. The second kappa shape index (κ2) is 4.55. The third kappa shape index (κ3) is 1.74. The zero-order chi connectivity index (χ0) is 12.0. The van der Waals surface area contributed by atoms with Crippen molar-refractivity contribution in [3.8, 4) is 0 Å². The molecular formula is C11H12ClN5S. The molecule has 18 heavy (non-hydrogen) atoms. The normalized spacial score (nSPS) is 10.7. The highest BCUT2D eigenvalue weighted by atomic mass is 35.5. The molecule has 2 aromatic heterocycles. The predicted octanol–water partition coefficient (Wildman–Crippen LogP) is 2.67. The van der Waals surface area contributed by atoms with Crippen LogP contribution in [0.1, 0.15) is 6.92 Å². The summed E-state index contributed by atoms with van der Waals surface area (Å²) < 4.78 is 2.74. The monoisotopic (exact) mass is 281 g/mol. The molecule has 2 heterocycles. The van der Waals surface area contributed by atoms with E-state index in [9.17, 15) is 0 Å². The number of hydrogen-bond acceptors (Lipinski definition) is 4. The summed E-state index contributed by atoms with van der Waals surface area (Å²) in [6.07, 6.45) is 1.47. The van der Waals surface area contributed by atoms with Gasteiger partial charge in [-0.2, -0.15) is 0 Å². The van der Waals surface area contributed by atoms with Crippen molar-refractivity contribution >= 4 is 52.4 Å². The standard InChI is InChI=1S/C11H11N5S.ClH/c1-2-16-9-4-7-6(10(12)14-5-13-7)3-8(9)15-11(16)17;/h3-5H,2H2,1H3,(H,15,17)(H2,12,13,14);1H. The summed E-state index contributed by atoms with van der Waals surface area (Å²) in [4.78, 5) is 11.4. The van der Waals surface area contributed by atoms with Gasteiger partial charge in [0.25, 0.3) is 0 Å². The molecule has 0 aliphatic rings. The van der Waals surface area contributed by atoms with Crippen LogP contribution in [-0.4, -0.2) is 19.5 Å². The van der Waals surface area contributed by atoms with Gasteiger partial charge in [-0.05, 0) is 31.3 Å². The number of imidazole rings is 1. The molecular weight excluding hydrogens is 270 g/mol. The number of benzene rings is 1. The van der Waals surface area contributed by atoms with Crippen LogP contribution in [0.25, 0.3) is 21.9 Å². The Hall–Kier alpha value is -1.66. The van der Waals surface area contributed by atoms with E-state index in [0.717, 1.165) is 28.5 Å². The minimum absolute atomic E-state index is 0. The predicted molar refractivity (Wildman–Crippen MR) is 77.6 cm³/mol. The zero-order valence-electron chi connectivity index (χ0n) is 9.67. The van der Waals surface area contributed by atoms with Crippen LogP contribution in [0.5, 0.6) is 0 Å². The second-order valence-corrected chi connectivity index (χ2v) is 4.21. The molecule has 0 unspecified atom stereocenters. The minimum atomic E-state index is 0. The van der Waals surface area contributed by atoms with Crippen molar-refractivity contribution in [2.45, 2.75) is 13.5 Å². The number of nitrogens with two attached hydrogens (primary N) is 1. The number of anilines is 1. The first-order valence-electron chi connectivity index (χ1n) is 5.33. The summed E-state index contributed by atoms with van der Waals surface area (Å²) in [5, 5.41) is 0.847. The summed E-state index contributed by atoms with van der Waals surface area (Å²) >= 11 is 5.26. The topological polar surface area (TPSA) is 72.5 Å². The van der Waals surface area contributed by atoms with Gasteiger partial charge in [0.1, 0.15) is 12.1 Å². The third-order valence-electron chi connectivity index (χ3n) is 2.88. The van der Waals surface area contributed by atoms with Gasteiger partial charge in [0, 0.05) is 11.9 Å². The van der Waals surface area contributed by atoms with Crippen LogP contribution in [0.4, 0.5) is 5.82 Å². The minimum Gasteiger partial charge on any atom is -0.383 e. The van der Waals surface area contributed by atoms with Crippen molar-refractivity contribution < 1.29 is 0 Å². The van der Waals surface area contributed by atoms with Crippen LogP contribution in [0.3, 0.4) is 0 Å². The van der Waals surface area contributed by atoms with Gasteiger partial charge in [-0.15, -0.1) is 12.4 Å². The Morgan fingerprint density at radius 2 is 2.17 bits per heavy atom. The van der Waals surface area contributed by atoms with Crippen molar-refractivity contribution in [2.75, 3.05) is 5.73 Å². The number of fused-ring (bicyclic) bond motifs is 2. The van der Waals surface area contributed by atoms with E-state index in [1.54, 1.807) is 0 Å². The molecule has 3 N–H and O–H groups in total. The smallest absolute Gasteiger partial charge is 0.178 e. The van der Waals surface area contributed by atoms with E-state index in [2.05, 4.69) is 21.9 Å². The first-order chi connectivity index (χ1) is 8.20. The van der Waals surface area contributed by atoms with Gasteiger partial charge in [0.05, 0.1) is 16.6 Å². The molecule has 0 aliphatic carbocycles. The van der Waals surface area contributed by atoms with Gasteiger partial charge in [0.15, 0.2) is 4.77 Å². The van der Waals surface area contributed by atoms with Crippen molar-refractivity contribution in [3.05, 3.63) is 23.2 Å². The molecule has 94 valence electrons. The number of H-pyrrole nitrogens is 1. The van der Waals surface area contributed by atoms with E-state index in [-0.39, 0.29) is 12.4 Å². The number of nitrogens with one attached hydrogen (secondary N) is 1. The van der Waals surface area contributed by atoms with Gasteiger partial charge >= 0.3 is 0 Å². The lowest BCUT2D eigenvalue weighted by Gasteiger charge is -2.02. The van der Waals surface area contributed by atoms with E-state index in [0.29, 0.717) is 10.6 Å². The first kappa shape index (κ1) is 12.8. The summed E-state index contributed by atoms with van der Waals surface area (Å²) in [7, 11) is 0. The Labute approximate surface area is 114 Å². The maximum absolute atomic E-state index is 5.83. The molecule has 0 radical (unpaired) electrons. The van der Waals surface area contributed by atoms with Gasteiger partial charge in [-0.3, -0.25) is 0 Å². The van der Waals surface area contributed by atoms with Gasteiger partial charge in [-0.1, -0.05) is 0 Å². The summed E-state index contributed by atoms with van der Waals surface area (Å²) in [6, 6.07) is 3.93. The average Bonchev–Trinajstić information content (AvgIpc) is 2.62. The molecule has 0 saturated carbocycles. The summed E-state index contributed by atoms with van der Waals surface area (Å²) in [5.41, 5.74) is 8.67. The van der Waals surface area contributed by atoms with Crippen molar-refractivity contribution in [3.63, 3.8) is 0 Å². The molecule has 0 amide bonds. The van der Waals surface area contributed by atoms with E-state index < -0.39 is 0 Å². The molecule has 0 atom stereocenters. The number of halogens is 1. The van der Waals surface area contributed by atoms with Gasteiger partial charge in [-0.25, -0.2) is 9.97 Å². The second-order valence-electron chi connectivity index (χ2n) is 3.82. The molecule has 3 rings (SSSR count). The fraction of sp³-hybridized carbons (Fsp3) is 0.182. The van der Waals surface area contributed by atoms with Crippen LogP contribution in [-0.2, 0) is 6.54 Å². The lowest BCUT2D eigenvalue weighted by molar-refractivity contribution is 0.774. The number of aromatic nitrogens is 4. The molecule has 0 saturated heterocycles. The zero-order valence-corrected chi connectivity index (χ0v) is 11.3. The number of aromatic amines is 1. The molecule has 0 fully saturated rings.